The fourth-order valence-corrected chi connectivity index (χ4v) is 2.86. The summed E-state index contributed by atoms with van der Waals surface area (Å²) < 4.78 is 0. The van der Waals surface area contributed by atoms with E-state index in [4.69, 9.17) is 5.73 Å². The molecule has 19 heavy (non-hydrogen) atoms. The van der Waals surface area contributed by atoms with E-state index >= 15 is 0 Å². The summed E-state index contributed by atoms with van der Waals surface area (Å²) in [6.07, 6.45) is 1.66. The molecule has 4 N–H and O–H groups in total. The Kier molecular flexibility index (Phi) is 2.95. The van der Waals surface area contributed by atoms with Gasteiger partial charge in [-0.3, -0.25) is 4.79 Å². The normalized spacial score (nSPS) is 28.6. The molecule has 0 saturated heterocycles. The number of nitrogens with zero attached hydrogens (tertiary/aromatic N) is 1. The van der Waals surface area contributed by atoms with Gasteiger partial charge in [-0.05, 0) is 30.9 Å². The highest BCUT2D eigenvalue weighted by Gasteiger charge is 2.29. The first-order valence-electron chi connectivity index (χ1n) is 6.64. The number of hydrogen-bond donors (Lipinski definition) is 3. The second-order valence-corrected chi connectivity index (χ2v) is 5.61. The van der Waals surface area contributed by atoms with Gasteiger partial charge in [-0.15, -0.1) is 0 Å². The maximum atomic E-state index is 11.5. The Bertz CT molecular complexity index is 511. The summed E-state index contributed by atoms with van der Waals surface area (Å²) in [5, 5.41) is 12.1. The largest absolute Gasteiger partial charge is 0.393 e. The maximum absolute atomic E-state index is 11.5. The number of aliphatic hydroxyl groups is 1. The molecule has 1 aromatic carbocycles. The van der Waals surface area contributed by atoms with Crippen LogP contribution in [0, 0.1) is 5.92 Å². The number of nitrogens with two attached hydrogens (primary N) is 1. The quantitative estimate of drug-likeness (QED) is 0.753. The fraction of sp³-hybridized carbons (Fsp3) is 0.500. The van der Waals surface area contributed by atoms with E-state index in [-0.39, 0.29) is 12.0 Å². The predicted octanol–water partition coefficient (Wildman–Crippen LogP) is 0.846. The van der Waals surface area contributed by atoms with Gasteiger partial charge >= 0.3 is 0 Å². The molecule has 0 bridgehead atoms. The van der Waals surface area contributed by atoms with Crippen molar-refractivity contribution in [3.8, 4) is 0 Å². The van der Waals surface area contributed by atoms with Crippen LogP contribution in [-0.4, -0.2) is 30.7 Å². The lowest BCUT2D eigenvalue weighted by atomic mass is 9.82. The second-order valence-electron chi connectivity index (χ2n) is 5.61. The average molecular weight is 261 g/mol. The van der Waals surface area contributed by atoms with Gasteiger partial charge in [0.1, 0.15) is 6.04 Å². The van der Waals surface area contributed by atoms with Crippen molar-refractivity contribution in [3.63, 3.8) is 0 Å². The number of fused-ring (bicyclic) bond motifs is 1. The van der Waals surface area contributed by atoms with Gasteiger partial charge in [0.2, 0.25) is 5.91 Å². The molecule has 1 atom stereocenters. The summed E-state index contributed by atoms with van der Waals surface area (Å²) >= 11 is 0. The van der Waals surface area contributed by atoms with E-state index in [1.807, 2.05) is 25.2 Å². The highest BCUT2D eigenvalue weighted by molar-refractivity contribution is 6.02. The number of benzene rings is 1. The molecular formula is C14H19N3O2. The van der Waals surface area contributed by atoms with E-state index in [1.165, 1.54) is 0 Å². The Morgan fingerprint density at radius 2 is 2.21 bits per heavy atom. The second kappa shape index (κ2) is 4.51. The van der Waals surface area contributed by atoms with E-state index in [0.717, 1.165) is 36.3 Å². The zero-order chi connectivity index (χ0) is 13.6. The number of carbonyl (C=O) groups is 1. The number of amides is 1. The number of hydrogen-bond acceptors (Lipinski definition) is 4. The molecule has 1 fully saturated rings. The molecule has 1 aliphatic carbocycles. The fourth-order valence-electron chi connectivity index (χ4n) is 2.86. The van der Waals surface area contributed by atoms with Crippen LogP contribution in [-0.2, 0) is 4.79 Å². The van der Waals surface area contributed by atoms with Crippen molar-refractivity contribution in [2.75, 3.05) is 23.8 Å². The van der Waals surface area contributed by atoms with Gasteiger partial charge in [0.25, 0.3) is 0 Å². The first kappa shape index (κ1) is 12.4. The van der Waals surface area contributed by atoms with Crippen LogP contribution in [0.2, 0.25) is 0 Å². The first-order chi connectivity index (χ1) is 9.04. The molecule has 1 aliphatic heterocycles. The molecule has 0 spiro atoms. The monoisotopic (exact) mass is 261 g/mol. The van der Waals surface area contributed by atoms with Crippen LogP contribution in [0.25, 0.3) is 0 Å². The Balaban J connectivity index is 1.72. The van der Waals surface area contributed by atoms with Crippen molar-refractivity contribution in [2.24, 2.45) is 11.7 Å². The number of rotatable bonds is 3. The van der Waals surface area contributed by atoms with Crippen molar-refractivity contribution in [2.45, 2.75) is 25.0 Å². The van der Waals surface area contributed by atoms with Crippen molar-refractivity contribution < 1.29 is 9.90 Å². The minimum absolute atomic E-state index is 0.115. The van der Waals surface area contributed by atoms with Gasteiger partial charge in [0, 0.05) is 30.5 Å². The zero-order valence-corrected chi connectivity index (χ0v) is 11.0. The summed E-state index contributed by atoms with van der Waals surface area (Å²) in [5.74, 6) is 0.419. The molecular weight excluding hydrogens is 242 g/mol. The molecule has 1 unspecified atom stereocenters. The zero-order valence-electron chi connectivity index (χ0n) is 11.0. The van der Waals surface area contributed by atoms with E-state index in [2.05, 4.69) is 10.2 Å². The lowest BCUT2D eigenvalue weighted by molar-refractivity contribution is -0.116. The summed E-state index contributed by atoms with van der Waals surface area (Å²) in [6.45, 7) is 0.926. The lowest BCUT2D eigenvalue weighted by Crippen LogP contribution is -2.37. The van der Waals surface area contributed by atoms with Crippen molar-refractivity contribution in [1.29, 1.82) is 0 Å². The number of carbonyl (C=O) groups excluding carboxylic acids is 1. The Morgan fingerprint density at radius 1 is 1.47 bits per heavy atom. The molecule has 1 aromatic rings. The van der Waals surface area contributed by atoms with Crippen molar-refractivity contribution >= 4 is 17.3 Å². The lowest BCUT2D eigenvalue weighted by Gasteiger charge is -2.35. The van der Waals surface area contributed by atoms with Crippen LogP contribution in [0.5, 0.6) is 0 Å². The van der Waals surface area contributed by atoms with E-state index in [9.17, 15) is 9.90 Å². The highest BCUT2D eigenvalue weighted by atomic mass is 16.3. The maximum Gasteiger partial charge on any atom is 0.245 e. The van der Waals surface area contributed by atoms with E-state index in [0.29, 0.717) is 5.92 Å². The number of aliphatic hydroxyl groups excluding tert-OH is 1. The summed E-state index contributed by atoms with van der Waals surface area (Å²) in [4.78, 5) is 13.7. The van der Waals surface area contributed by atoms with Crippen LogP contribution < -0.4 is 16.0 Å². The molecule has 1 heterocycles. The van der Waals surface area contributed by atoms with Crippen LogP contribution in [0.1, 0.15) is 24.4 Å². The molecule has 5 nitrogen and oxygen atoms in total. The van der Waals surface area contributed by atoms with Crippen LogP contribution in [0.4, 0.5) is 11.4 Å². The third-order valence-corrected chi connectivity index (χ3v) is 4.10. The summed E-state index contributed by atoms with van der Waals surface area (Å²) in [7, 11) is 2.03. The summed E-state index contributed by atoms with van der Waals surface area (Å²) in [6, 6.07) is 5.33. The van der Waals surface area contributed by atoms with E-state index in [1.54, 1.807) is 0 Å². The number of anilines is 2. The third kappa shape index (κ3) is 2.19. The minimum Gasteiger partial charge on any atom is -0.393 e. The predicted molar refractivity (Wildman–Crippen MR) is 74.0 cm³/mol. The van der Waals surface area contributed by atoms with E-state index < -0.39 is 6.04 Å². The minimum atomic E-state index is -0.545. The van der Waals surface area contributed by atoms with Gasteiger partial charge in [0.15, 0.2) is 0 Å². The molecule has 1 amide bonds. The topological polar surface area (TPSA) is 78.6 Å². The van der Waals surface area contributed by atoms with Crippen molar-refractivity contribution in [1.82, 2.24) is 0 Å². The highest BCUT2D eigenvalue weighted by Crippen LogP contribution is 2.34. The SMILES string of the molecule is CN(CC1CC(O)C1)c1ccc2c(c1)NC(=O)C2N. The van der Waals surface area contributed by atoms with Gasteiger partial charge in [-0.2, -0.15) is 0 Å². The van der Waals surface area contributed by atoms with Gasteiger partial charge < -0.3 is 21.1 Å². The molecule has 1 saturated carbocycles. The van der Waals surface area contributed by atoms with Gasteiger partial charge in [-0.25, -0.2) is 0 Å². The third-order valence-electron chi connectivity index (χ3n) is 4.10. The van der Waals surface area contributed by atoms with Crippen LogP contribution >= 0.6 is 0 Å². The van der Waals surface area contributed by atoms with Crippen LogP contribution in [0.15, 0.2) is 18.2 Å². The molecule has 5 heteroatoms. The smallest absolute Gasteiger partial charge is 0.245 e. The van der Waals surface area contributed by atoms with Crippen LogP contribution in [0.3, 0.4) is 0 Å². The van der Waals surface area contributed by atoms with Gasteiger partial charge in [0.05, 0.1) is 6.10 Å². The summed E-state index contributed by atoms with van der Waals surface area (Å²) in [5.41, 5.74) is 8.53. The standard InChI is InChI=1S/C14H19N3O2/c1-17(7-8-4-10(18)5-8)9-2-3-11-12(6-9)16-14(19)13(11)15/h2-3,6,8,10,13,18H,4-5,7,15H2,1H3,(H,16,19). The number of nitrogens with one attached hydrogen (secondary N) is 1. The average Bonchev–Trinajstić information content (AvgIpc) is 2.62. The molecule has 3 rings (SSSR count). The first-order valence-corrected chi connectivity index (χ1v) is 6.64. The molecule has 0 aromatic heterocycles. The Labute approximate surface area is 112 Å². The molecule has 2 aliphatic rings. The Morgan fingerprint density at radius 3 is 2.89 bits per heavy atom. The van der Waals surface area contributed by atoms with Crippen molar-refractivity contribution in [3.05, 3.63) is 23.8 Å². The van der Waals surface area contributed by atoms with Gasteiger partial charge in [-0.1, -0.05) is 6.07 Å². The molecule has 0 radical (unpaired) electrons. The Hall–Kier alpha value is -1.59. The molecule has 102 valence electrons.